The van der Waals surface area contributed by atoms with Gasteiger partial charge in [-0.2, -0.15) is 0 Å². The number of rotatable bonds is 82. The monoisotopic (exact) mass is 1480 g/mol. The zero-order valence-electron chi connectivity index (χ0n) is 66.1. The molecule has 0 bridgehead atoms. The van der Waals surface area contributed by atoms with Crippen LogP contribution in [0.25, 0.3) is 0 Å². The van der Waals surface area contributed by atoms with Crippen LogP contribution in [0.15, 0.2) is 0 Å². The van der Waals surface area contributed by atoms with Gasteiger partial charge in [0.25, 0.3) is 0 Å². The van der Waals surface area contributed by atoms with Gasteiger partial charge < -0.3 is 33.8 Å². The minimum absolute atomic E-state index is 0.108. The highest BCUT2D eigenvalue weighted by molar-refractivity contribution is 7.47. The Morgan fingerprint density at radius 3 is 0.673 bits per heavy atom. The molecule has 5 atom stereocenters. The van der Waals surface area contributed by atoms with E-state index < -0.39 is 97.5 Å². The van der Waals surface area contributed by atoms with E-state index >= 15 is 0 Å². The van der Waals surface area contributed by atoms with Crippen LogP contribution in [-0.2, 0) is 65.4 Å². The molecule has 0 aromatic rings. The maximum absolute atomic E-state index is 13.1. The van der Waals surface area contributed by atoms with E-state index in [1.807, 2.05) is 0 Å². The number of hydrogen-bond donors (Lipinski definition) is 3. The van der Waals surface area contributed by atoms with Gasteiger partial charge in [-0.1, -0.05) is 388 Å². The number of esters is 4. The molecule has 0 rings (SSSR count). The quantitative estimate of drug-likeness (QED) is 0.0222. The molecule has 0 aromatic heterocycles. The Hall–Kier alpha value is -1.94. The van der Waals surface area contributed by atoms with Gasteiger partial charge in [-0.3, -0.25) is 37.3 Å². The van der Waals surface area contributed by atoms with E-state index in [-0.39, 0.29) is 25.7 Å². The van der Waals surface area contributed by atoms with Crippen LogP contribution in [0.2, 0.25) is 0 Å². The van der Waals surface area contributed by atoms with Crippen molar-refractivity contribution in [2.45, 2.75) is 457 Å². The molecule has 101 heavy (non-hydrogen) atoms. The first kappa shape index (κ1) is 99.1. The third-order valence-electron chi connectivity index (χ3n) is 19.3. The molecule has 0 saturated carbocycles. The lowest BCUT2D eigenvalue weighted by molar-refractivity contribution is -0.161. The van der Waals surface area contributed by atoms with Crippen molar-refractivity contribution in [1.82, 2.24) is 0 Å². The SMILES string of the molecule is CCCCCCCCCCCCCCCCCCCCCCC(=O)O[C@H](COC(=O)CCCCCCCCCCCCCCCCCCC(C)C)COP(=O)(O)OC[C@@H](O)COP(=O)(O)OC[C@@H](COC(=O)CCCCCCC)OC(=O)CCCCCCCCCCCCCCCCCCC. The number of unbranched alkanes of at least 4 members (excludes halogenated alkanes) is 54. The van der Waals surface area contributed by atoms with Gasteiger partial charge in [0, 0.05) is 25.7 Å². The van der Waals surface area contributed by atoms with Gasteiger partial charge in [0.05, 0.1) is 26.4 Å². The summed E-state index contributed by atoms with van der Waals surface area (Å²) in [5.74, 6) is -1.30. The summed E-state index contributed by atoms with van der Waals surface area (Å²) in [6.07, 6.45) is 67.1. The molecule has 0 aromatic carbocycles. The minimum atomic E-state index is -4.96. The van der Waals surface area contributed by atoms with Gasteiger partial charge in [-0.05, 0) is 31.6 Å². The van der Waals surface area contributed by atoms with E-state index in [0.29, 0.717) is 25.7 Å². The van der Waals surface area contributed by atoms with Crippen LogP contribution in [0.4, 0.5) is 0 Å². The lowest BCUT2D eigenvalue weighted by Gasteiger charge is -2.21. The van der Waals surface area contributed by atoms with Crippen molar-refractivity contribution >= 4 is 39.5 Å². The topological polar surface area (TPSA) is 237 Å². The van der Waals surface area contributed by atoms with Gasteiger partial charge in [-0.15, -0.1) is 0 Å². The van der Waals surface area contributed by atoms with Crippen LogP contribution in [0.3, 0.4) is 0 Å². The molecule has 19 heteroatoms. The number of aliphatic hydroxyl groups excluding tert-OH is 1. The number of hydrogen-bond acceptors (Lipinski definition) is 15. The van der Waals surface area contributed by atoms with Gasteiger partial charge in [0.15, 0.2) is 12.2 Å². The number of phosphoric acid groups is 2. The summed E-state index contributed by atoms with van der Waals surface area (Å²) in [4.78, 5) is 72.8. The van der Waals surface area contributed by atoms with Crippen LogP contribution >= 0.6 is 15.6 Å². The summed E-state index contributed by atoms with van der Waals surface area (Å²) in [5, 5.41) is 10.6. The Labute approximate surface area is 619 Å². The highest BCUT2D eigenvalue weighted by atomic mass is 31.2. The van der Waals surface area contributed by atoms with E-state index in [1.54, 1.807) is 0 Å². The largest absolute Gasteiger partial charge is 0.472 e. The van der Waals surface area contributed by atoms with Crippen molar-refractivity contribution < 1.29 is 80.2 Å². The molecule has 0 amide bonds. The summed E-state index contributed by atoms with van der Waals surface area (Å²) in [6.45, 7) is 7.28. The zero-order valence-corrected chi connectivity index (χ0v) is 67.8. The van der Waals surface area contributed by atoms with E-state index in [1.165, 1.54) is 257 Å². The molecule has 0 spiro atoms. The van der Waals surface area contributed by atoms with E-state index in [9.17, 15) is 43.2 Å². The predicted molar refractivity (Wildman–Crippen MR) is 414 cm³/mol. The highest BCUT2D eigenvalue weighted by Gasteiger charge is 2.30. The third kappa shape index (κ3) is 76.1. The number of carbonyl (C=O) groups excluding carboxylic acids is 4. The summed E-state index contributed by atoms with van der Waals surface area (Å²) in [6, 6.07) is 0. The first-order valence-corrected chi connectivity index (χ1v) is 45.6. The Kier molecular flexibility index (Phi) is 73.5. The van der Waals surface area contributed by atoms with E-state index in [0.717, 1.165) is 102 Å². The lowest BCUT2D eigenvalue weighted by Crippen LogP contribution is -2.30. The van der Waals surface area contributed by atoms with Gasteiger partial charge in [0.1, 0.15) is 19.3 Å². The molecule has 600 valence electrons. The number of aliphatic hydroxyl groups is 1. The van der Waals surface area contributed by atoms with Crippen LogP contribution in [0.5, 0.6) is 0 Å². The number of phosphoric ester groups is 2. The fourth-order valence-electron chi connectivity index (χ4n) is 12.8. The van der Waals surface area contributed by atoms with Crippen molar-refractivity contribution in [1.29, 1.82) is 0 Å². The zero-order chi connectivity index (χ0) is 74.1. The van der Waals surface area contributed by atoms with Crippen molar-refractivity contribution in [3.05, 3.63) is 0 Å². The third-order valence-corrected chi connectivity index (χ3v) is 21.2. The van der Waals surface area contributed by atoms with Crippen LogP contribution in [0.1, 0.15) is 439 Å². The first-order chi connectivity index (χ1) is 49.0. The molecule has 17 nitrogen and oxygen atoms in total. The molecule has 0 aliphatic rings. The van der Waals surface area contributed by atoms with Crippen molar-refractivity contribution in [2.24, 2.45) is 5.92 Å². The van der Waals surface area contributed by atoms with Crippen LogP contribution < -0.4 is 0 Å². The molecule has 0 radical (unpaired) electrons. The summed E-state index contributed by atoms with van der Waals surface area (Å²) >= 11 is 0. The molecule has 0 aliphatic heterocycles. The fourth-order valence-corrected chi connectivity index (χ4v) is 14.3. The average Bonchev–Trinajstić information content (AvgIpc) is 1.05. The summed E-state index contributed by atoms with van der Waals surface area (Å²) in [5.41, 5.74) is 0. The van der Waals surface area contributed by atoms with E-state index in [2.05, 4.69) is 34.6 Å². The Bertz CT molecular complexity index is 1930. The second-order valence-electron chi connectivity index (χ2n) is 30.0. The standard InChI is InChI=1S/C82H160O17P2/c1-6-9-12-15-17-19-21-23-25-27-28-29-31-37-41-45-49-53-58-63-68-82(87)99-78(72-93-80(85)66-61-56-51-47-43-39-35-33-32-34-38-42-46-50-55-59-64-75(4)5)74-97-101(90,91)95-70-76(83)69-94-100(88,89)96-73-77(71-92-79(84)65-60-54-14-11-8-3)98-81(86)67-62-57-52-48-44-40-36-30-26-24-22-20-18-16-13-10-7-2/h75-78,83H,6-74H2,1-5H3,(H,88,89)(H,90,91)/t76-,77+,78+/m0/s1. The van der Waals surface area contributed by atoms with Gasteiger partial charge in [0.2, 0.25) is 0 Å². The molecule has 2 unspecified atom stereocenters. The van der Waals surface area contributed by atoms with Crippen molar-refractivity contribution in [2.75, 3.05) is 39.6 Å². The van der Waals surface area contributed by atoms with Crippen LogP contribution in [-0.4, -0.2) is 96.7 Å². The van der Waals surface area contributed by atoms with Crippen molar-refractivity contribution in [3.8, 4) is 0 Å². The smallest absolute Gasteiger partial charge is 0.462 e. The second-order valence-corrected chi connectivity index (χ2v) is 32.9. The lowest BCUT2D eigenvalue weighted by atomic mass is 10.0. The molecule has 0 heterocycles. The molecule has 0 fully saturated rings. The maximum atomic E-state index is 13.1. The Morgan fingerprint density at radius 1 is 0.267 bits per heavy atom. The Balaban J connectivity index is 5.11. The maximum Gasteiger partial charge on any atom is 0.472 e. The molecule has 0 saturated heterocycles. The molecule has 0 aliphatic carbocycles. The molecular formula is C82H160O17P2. The fraction of sp³-hybridized carbons (Fsp3) is 0.951. The number of carbonyl (C=O) groups is 4. The van der Waals surface area contributed by atoms with Gasteiger partial charge in [-0.25, -0.2) is 9.13 Å². The average molecular weight is 1480 g/mol. The minimum Gasteiger partial charge on any atom is -0.462 e. The normalized spacial score (nSPS) is 13.8. The molecular weight excluding hydrogens is 1320 g/mol. The van der Waals surface area contributed by atoms with E-state index in [4.69, 9.17) is 37.0 Å². The second kappa shape index (κ2) is 74.9. The predicted octanol–water partition coefficient (Wildman–Crippen LogP) is 24.8. The summed E-state index contributed by atoms with van der Waals surface area (Å²) in [7, 11) is -9.91. The van der Waals surface area contributed by atoms with Gasteiger partial charge >= 0.3 is 39.5 Å². The summed E-state index contributed by atoms with van der Waals surface area (Å²) < 4.78 is 68.5. The van der Waals surface area contributed by atoms with Crippen molar-refractivity contribution in [3.63, 3.8) is 0 Å². The molecule has 3 N–H and O–H groups in total. The highest BCUT2D eigenvalue weighted by Crippen LogP contribution is 2.45. The Morgan fingerprint density at radius 2 is 0.455 bits per heavy atom. The first-order valence-electron chi connectivity index (χ1n) is 42.6. The number of ether oxygens (including phenoxy) is 4. The van der Waals surface area contributed by atoms with Crippen LogP contribution in [0, 0.1) is 5.92 Å².